The monoisotopic (exact) mass is 395 g/mol. The predicted octanol–water partition coefficient (Wildman–Crippen LogP) is 6.23. The summed E-state index contributed by atoms with van der Waals surface area (Å²) in [5.41, 5.74) is 3.01. The molecule has 0 aliphatic rings. The van der Waals surface area contributed by atoms with Gasteiger partial charge in [-0.3, -0.25) is 0 Å². The molecule has 5 heteroatoms. The van der Waals surface area contributed by atoms with Crippen LogP contribution >= 0.6 is 0 Å². The minimum Gasteiger partial charge on any atom is -0.493 e. The van der Waals surface area contributed by atoms with Crippen LogP contribution in [0.1, 0.15) is 46.1 Å². The number of rotatable bonds is 4. The van der Waals surface area contributed by atoms with Gasteiger partial charge in [0, 0.05) is 10.9 Å². The van der Waals surface area contributed by atoms with Gasteiger partial charge in [-0.1, -0.05) is 32.0 Å². The van der Waals surface area contributed by atoms with Crippen molar-refractivity contribution in [3.05, 3.63) is 48.0 Å². The molecule has 0 aliphatic heterocycles. The molecule has 29 heavy (non-hydrogen) atoms. The first-order valence-electron chi connectivity index (χ1n) is 9.77. The van der Waals surface area contributed by atoms with Gasteiger partial charge in [0.15, 0.2) is 11.5 Å². The van der Waals surface area contributed by atoms with Gasteiger partial charge in [-0.2, -0.15) is 0 Å². The Morgan fingerprint density at radius 3 is 2.21 bits per heavy atom. The van der Waals surface area contributed by atoms with E-state index >= 15 is 0 Å². The maximum absolute atomic E-state index is 13.3. The third-order valence-electron chi connectivity index (χ3n) is 4.72. The summed E-state index contributed by atoms with van der Waals surface area (Å²) in [5, 5.41) is 1.04. The Kier molecular flexibility index (Phi) is 5.60. The van der Waals surface area contributed by atoms with Crippen molar-refractivity contribution >= 4 is 17.0 Å². The lowest BCUT2D eigenvalue weighted by Crippen LogP contribution is -2.27. The number of aromatic nitrogens is 1. The van der Waals surface area contributed by atoms with E-state index in [1.807, 2.05) is 57.2 Å². The SMILES string of the molecule is COc1ccc(-c2c(C(C)C)c3ccccc3n2C(=O)OC(C)(C)C)cc1OC. The van der Waals surface area contributed by atoms with E-state index in [4.69, 9.17) is 14.2 Å². The molecular formula is C24H29NO4. The fourth-order valence-corrected chi connectivity index (χ4v) is 3.61. The number of nitrogens with zero attached hydrogens (tertiary/aromatic N) is 1. The zero-order chi connectivity index (χ0) is 21.3. The van der Waals surface area contributed by atoms with E-state index in [2.05, 4.69) is 19.9 Å². The van der Waals surface area contributed by atoms with Gasteiger partial charge in [0.25, 0.3) is 0 Å². The summed E-state index contributed by atoms with van der Waals surface area (Å²) in [6.45, 7) is 9.87. The van der Waals surface area contributed by atoms with E-state index < -0.39 is 11.7 Å². The van der Waals surface area contributed by atoms with Crippen molar-refractivity contribution in [1.29, 1.82) is 0 Å². The first-order chi connectivity index (χ1) is 13.7. The molecular weight excluding hydrogens is 366 g/mol. The van der Waals surface area contributed by atoms with Crippen molar-refractivity contribution in [2.75, 3.05) is 14.2 Å². The lowest BCUT2D eigenvalue weighted by atomic mass is 9.96. The van der Waals surface area contributed by atoms with Crippen LogP contribution in [-0.4, -0.2) is 30.5 Å². The molecule has 0 atom stereocenters. The molecule has 0 saturated carbocycles. The molecule has 1 aromatic heterocycles. The van der Waals surface area contributed by atoms with Gasteiger partial charge in [-0.05, 0) is 56.5 Å². The van der Waals surface area contributed by atoms with Gasteiger partial charge in [0.1, 0.15) is 5.60 Å². The Labute approximate surface area is 172 Å². The maximum atomic E-state index is 13.3. The van der Waals surface area contributed by atoms with E-state index in [-0.39, 0.29) is 5.92 Å². The largest absolute Gasteiger partial charge is 0.493 e. The molecule has 5 nitrogen and oxygen atoms in total. The summed E-state index contributed by atoms with van der Waals surface area (Å²) in [4.78, 5) is 13.3. The van der Waals surface area contributed by atoms with Gasteiger partial charge in [0.2, 0.25) is 0 Å². The molecule has 0 amide bonds. The van der Waals surface area contributed by atoms with Crippen molar-refractivity contribution in [1.82, 2.24) is 4.57 Å². The zero-order valence-corrected chi connectivity index (χ0v) is 18.2. The topological polar surface area (TPSA) is 49.7 Å². The molecule has 0 N–H and O–H groups in total. The van der Waals surface area contributed by atoms with Crippen LogP contribution in [0, 0.1) is 0 Å². The predicted molar refractivity (Wildman–Crippen MR) is 116 cm³/mol. The number of fused-ring (bicyclic) bond motifs is 1. The summed E-state index contributed by atoms with van der Waals surface area (Å²) >= 11 is 0. The van der Waals surface area contributed by atoms with Crippen LogP contribution in [-0.2, 0) is 4.74 Å². The number of benzene rings is 2. The third kappa shape index (κ3) is 3.95. The van der Waals surface area contributed by atoms with Crippen LogP contribution in [0.25, 0.3) is 22.2 Å². The highest BCUT2D eigenvalue weighted by atomic mass is 16.6. The lowest BCUT2D eigenvalue weighted by molar-refractivity contribution is 0.0547. The maximum Gasteiger partial charge on any atom is 0.419 e. The molecule has 3 rings (SSSR count). The zero-order valence-electron chi connectivity index (χ0n) is 18.2. The Hall–Kier alpha value is -2.95. The summed E-state index contributed by atoms with van der Waals surface area (Å²) < 4.78 is 18.3. The smallest absolute Gasteiger partial charge is 0.419 e. The van der Waals surface area contributed by atoms with Crippen LogP contribution in [0.3, 0.4) is 0 Å². The number of hydrogen-bond acceptors (Lipinski definition) is 4. The molecule has 2 aromatic carbocycles. The number of methoxy groups -OCH3 is 2. The van der Waals surface area contributed by atoms with Crippen molar-refractivity contribution in [2.45, 2.75) is 46.1 Å². The molecule has 0 saturated heterocycles. The molecule has 0 unspecified atom stereocenters. The highest BCUT2D eigenvalue weighted by Crippen LogP contribution is 2.41. The average Bonchev–Trinajstić information content (AvgIpc) is 3.01. The number of carbonyl (C=O) groups is 1. The van der Waals surface area contributed by atoms with E-state index in [1.54, 1.807) is 18.8 Å². The second-order valence-corrected chi connectivity index (χ2v) is 8.32. The van der Waals surface area contributed by atoms with E-state index in [0.29, 0.717) is 11.5 Å². The summed E-state index contributed by atoms with van der Waals surface area (Å²) in [5.74, 6) is 1.45. The van der Waals surface area contributed by atoms with Crippen molar-refractivity contribution in [2.24, 2.45) is 0 Å². The molecule has 3 aromatic rings. The van der Waals surface area contributed by atoms with Gasteiger partial charge in [-0.15, -0.1) is 0 Å². The summed E-state index contributed by atoms with van der Waals surface area (Å²) in [7, 11) is 3.21. The number of para-hydroxylation sites is 1. The van der Waals surface area contributed by atoms with Crippen molar-refractivity contribution in [3.8, 4) is 22.8 Å². The van der Waals surface area contributed by atoms with E-state index in [0.717, 1.165) is 27.7 Å². The molecule has 0 radical (unpaired) electrons. The van der Waals surface area contributed by atoms with Gasteiger partial charge in [0.05, 0.1) is 25.4 Å². The Morgan fingerprint density at radius 2 is 1.62 bits per heavy atom. The minimum atomic E-state index is -0.602. The fraction of sp³-hybridized carbons (Fsp3) is 0.375. The standard InChI is InChI=1S/C24H29NO4/c1-15(2)21-17-10-8-9-11-18(17)25(23(26)29-24(3,4)5)22(21)16-12-13-19(27-6)20(14-16)28-7/h8-15H,1-7H3. The van der Waals surface area contributed by atoms with Crippen LogP contribution < -0.4 is 9.47 Å². The number of hydrogen-bond donors (Lipinski definition) is 0. The molecule has 154 valence electrons. The van der Waals surface area contributed by atoms with Gasteiger partial charge < -0.3 is 14.2 Å². The van der Waals surface area contributed by atoms with E-state index in [9.17, 15) is 4.79 Å². The Morgan fingerprint density at radius 1 is 0.966 bits per heavy atom. The first kappa shape index (κ1) is 20.8. The van der Waals surface area contributed by atoms with Crippen LogP contribution in [0.4, 0.5) is 4.79 Å². The third-order valence-corrected chi connectivity index (χ3v) is 4.72. The molecule has 1 heterocycles. The number of carbonyl (C=O) groups excluding carboxylic acids is 1. The summed E-state index contributed by atoms with van der Waals surface area (Å²) in [6.07, 6.45) is -0.398. The average molecular weight is 395 g/mol. The fourth-order valence-electron chi connectivity index (χ4n) is 3.61. The van der Waals surface area contributed by atoms with Crippen LogP contribution in [0.15, 0.2) is 42.5 Å². The van der Waals surface area contributed by atoms with Crippen molar-refractivity contribution in [3.63, 3.8) is 0 Å². The highest BCUT2D eigenvalue weighted by molar-refractivity contribution is 6.00. The van der Waals surface area contributed by atoms with Crippen molar-refractivity contribution < 1.29 is 19.0 Å². The van der Waals surface area contributed by atoms with Crippen LogP contribution in [0.5, 0.6) is 11.5 Å². The molecule has 0 fully saturated rings. The molecule has 0 bridgehead atoms. The first-order valence-corrected chi connectivity index (χ1v) is 9.77. The number of ether oxygens (including phenoxy) is 3. The minimum absolute atomic E-state index is 0.201. The normalized spacial score (nSPS) is 11.7. The Balaban J connectivity index is 2.37. The molecule has 0 aliphatic carbocycles. The second kappa shape index (κ2) is 7.82. The van der Waals surface area contributed by atoms with Crippen LogP contribution in [0.2, 0.25) is 0 Å². The highest BCUT2D eigenvalue weighted by Gasteiger charge is 2.27. The second-order valence-electron chi connectivity index (χ2n) is 8.32. The van der Waals surface area contributed by atoms with E-state index in [1.165, 1.54) is 0 Å². The molecule has 0 spiro atoms. The van der Waals surface area contributed by atoms with Gasteiger partial charge >= 0.3 is 6.09 Å². The quantitative estimate of drug-likeness (QED) is 0.525. The van der Waals surface area contributed by atoms with Gasteiger partial charge in [-0.25, -0.2) is 9.36 Å². The Bertz CT molecular complexity index is 1040. The lowest BCUT2D eigenvalue weighted by Gasteiger charge is -2.21. The summed E-state index contributed by atoms with van der Waals surface area (Å²) in [6, 6.07) is 13.6.